The Morgan fingerprint density at radius 3 is 2.66 bits per heavy atom. The Morgan fingerprint density at radius 2 is 1.97 bits per heavy atom. The average molecular weight is 452 g/mol. The molecule has 0 aliphatic carbocycles. The molecule has 0 radical (unpaired) electrons. The van der Waals surface area contributed by atoms with Crippen LogP contribution in [-0.2, 0) is 10.0 Å². The molecule has 12 heteroatoms. The first-order valence-corrected chi connectivity index (χ1v) is 10.7. The molecule has 0 aliphatic rings. The van der Waals surface area contributed by atoms with Gasteiger partial charge in [0.15, 0.2) is 10.3 Å². The predicted octanol–water partition coefficient (Wildman–Crippen LogP) is 4.07. The van der Waals surface area contributed by atoms with Crippen LogP contribution < -0.4 is 10.1 Å². The fourth-order valence-corrected chi connectivity index (χ4v) is 4.11. The maximum absolute atomic E-state index is 12.3. The van der Waals surface area contributed by atoms with Gasteiger partial charge in [-0.3, -0.25) is 10.1 Å². The van der Waals surface area contributed by atoms with Gasteiger partial charge in [-0.25, -0.2) is 9.82 Å². The number of hydrogen-bond acceptors (Lipinski definition) is 8. The third kappa shape index (κ3) is 5.08. The number of thiazole rings is 1. The highest BCUT2D eigenvalue weighted by molar-refractivity contribution is 7.89. The highest BCUT2D eigenvalue weighted by Gasteiger charge is 2.19. The van der Waals surface area contributed by atoms with E-state index < -0.39 is 14.9 Å². The van der Waals surface area contributed by atoms with Crippen LogP contribution in [0.3, 0.4) is 0 Å². The summed E-state index contributed by atoms with van der Waals surface area (Å²) in [6.07, 6.45) is 1.22. The number of nitrogens with zero attached hydrogens (tertiary/aromatic N) is 3. The van der Waals surface area contributed by atoms with Crippen molar-refractivity contribution >= 4 is 55.7 Å². The summed E-state index contributed by atoms with van der Waals surface area (Å²) in [5.74, 6) is 0. The maximum Gasteiger partial charge on any atom is 0.276 e. The van der Waals surface area contributed by atoms with Gasteiger partial charge < -0.3 is 5.32 Å². The van der Waals surface area contributed by atoms with Crippen molar-refractivity contribution in [3.05, 3.63) is 74.2 Å². The quantitative estimate of drug-likeness (QED) is 0.316. The van der Waals surface area contributed by atoms with Gasteiger partial charge in [-0.1, -0.05) is 47.2 Å². The van der Waals surface area contributed by atoms with Gasteiger partial charge in [0.1, 0.15) is 0 Å². The third-order valence-electron chi connectivity index (χ3n) is 3.68. The number of halogens is 1. The van der Waals surface area contributed by atoms with E-state index in [1.165, 1.54) is 36.6 Å². The minimum atomic E-state index is -4.08. The number of aromatic nitrogens is 1. The van der Waals surface area contributed by atoms with Crippen molar-refractivity contribution in [1.29, 1.82) is 0 Å². The minimum Gasteiger partial charge on any atom is -0.331 e. The number of benzene rings is 2. The molecule has 0 bridgehead atoms. The molecule has 9 nitrogen and oxygen atoms in total. The zero-order valence-corrected chi connectivity index (χ0v) is 17.3. The second-order valence-electron chi connectivity index (χ2n) is 5.72. The highest BCUT2D eigenvalue weighted by Crippen LogP contribution is 2.28. The lowest BCUT2D eigenvalue weighted by atomic mass is 10.2. The zero-order valence-electron chi connectivity index (χ0n) is 14.9. The Hall–Kier alpha value is -3.02. The summed E-state index contributed by atoms with van der Waals surface area (Å²) < 4.78 is 24.7. The number of para-hydroxylation sites is 1. The number of rotatable bonds is 7. The van der Waals surface area contributed by atoms with E-state index >= 15 is 0 Å². The molecule has 0 fully saturated rings. The number of nitro benzene ring substituents is 1. The molecule has 29 heavy (non-hydrogen) atoms. The van der Waals surface area contributed by atoms with Gasteiger partial charge in [-0.2, -0.15) is 13.5 Å². The summed E-state index contributed by atoms with van der Waals surface area (Å²) in [4.78, 5) is 16.7. The van der Waals surface area contributed by atoms with Crippen molar-refractivity contribution in [1.82, 2.24) is 9.82 Å². The SMILES string of the molecule is Cc1ccc(S(=O)(=O)N/N=C/c2sc(Nc3ccccc3)nc2Cl)cc1[N+](=O)[O-]. The van der Waals surface area contributed by atoms with Crippen LogP contribution in [0.4, 0.5) is 16.5 Å². The van der Waals surface area contributed by atoms with Gasteiger partial charge in [0.25, 0.3) is 15.7 Å². The molecule has 0 saturated heterocycles. The van der Waals surface area contributed by atoms with Gasteiger partial charge in [-0.15, -0.1) is 0 Å². The lowest BCUT2D eigenvalue weighted by Crippen LogP contribution is -2.18. The molecule has 0 saturated carbocycles. The third-order valence-corrected chi connectivity index (χ3v) is 6.20. The number of sulfonamides is 1. The lowest BCUT2D eigenvalue weighted by molar-refractivity contribution is -0.385. The lowest BCUT2D eigenvalue weighted by Gasteiger charge is -2.04. The van der Waals surface area contributed by atoms with Crippen LogP contribution in [0.5, 0.6) is 0 Å². The second kappa shape index (κ2) is 8.55. The van der Waals surface area contributed by atoms with E-state index in [0.29, 0.717) is 15.6 Å². The van der Waals surface area contributed by atoms with Crippen molar-refractivity contribution < 1.29 is 13.3 Å². The Bertz CT molecular complexity index is 1180. The fourth-order valence-electron chi connectivity index (χ4n) is 2.25. The molecule has 0 spiro atoms. The molecular formula is C17H14ClN5O4S2. The molecule has 3 aromatic rings. The van der Waals surface area contributed by atoms with Gasteiger partial charge in [-0.05, 0) is 25.1 Å². The smallest absolute Gasteiger partial charge is 0.276 e. The minimum absolute atomic E-state index is 0.155. The van der Waals surface area contributed by atoms with Crippen LogP contribution in [-0.4, -0.2) is 24.5 Å². The number of nitro groups is 1. The van der Waals surface area contributed by atoms with E-state index in [0.717, 1.165) is 11.8 Å². The van der Waals surface area contributed by atoms with Crippen LogP contribution in [0.2, 0.25) is 5.15 Å². The van der Waals surface area contributed by atoms with Crippen LogP contribution >= 0.6 is 22.9 Å². The van der Waals surface area contributed by atoms with Gasteiger partial charge in [0.05, 0.1) is 20.9 Å². The molecule has 3 rings (SSSR count). The summed E-state index contributed by atoms with van der Waals surface area (Å²) in [5.41, 5.74) is 0.884. The van der Waals surface area contributed by atoms with Gasteiger partial charge >= 0.3 is 0 Å². The zero-order chi connectivity index (χ0) is 21.0. The molecule has 2 N–H and O–H groups in total. The molecular weight excluding hydrogens is 438 g/mol. The number of hydrogen-bond donors (Lipinski definition) is 2. The number of anilines is 2. The Balaban J connectivity index is 1.74. The van der Waals surface area contributed by atoms with E-state index in [-0.39, 0.29) is 15.7 Å². The Labute approximate surface area is 175 Å². The van der Waals surface area contributed by atoms with Crippen molar-refractivity contribution in [2.24, 2.45) is 5.10 Å². The topological polar surface area (TPSA) is 127 Å². The Morgan fingerprint density at radius 1 is 1.24 bits per heavy atom. The first-order chi connectivity index (χ1) is 13.8. The van der Waals surface area contributed by atoms with Crippen molar-refractivity contribution in [2.45, 2.75) is 11.8 Å². The molecule has 0 unspecified atom stereocenters. The normalized spacial score (nSPS) is 11.5. The largest absolute Gasteiger partial charge is 0.331 e. The van der Waals surface area contributed by atoms with E-state index in [9.17, 15) is 18.5 Å². The second-order valence-corrected chi connectivity index (χ2v) is 8.77. The van der Waals surface area contributed by atoms with Crippen LogP contribution in [0, 0.1) is 17.0 Å². The molecule has 1 aromatic heterocycles. The average Bonchev–Trinajstić information content (AvgIpc) is 3.01. The van der Waals surface area contributed by atoms with E-state index in [1.807, 2.05) is 35.2 Å². The van der Waals surface area contributed by atoms with Gasteiger partial charge in [0.2, 0.25) is 0 Å². The predicted molar refractivity (Wildman–Crippen MR) is 113 cm³/mol. The van der Waals surface area contributed by atoms with Crippen molar-refractivity contribution in [3.8, 4) is 0 Å². The summed E-state index contributed by atoms with van der Waals surface area (Å²) in [6, 6.07) is 12.9. The number of hydrazone groups is 1. The van der Waals surface area contributed by atoms with E-state index in [1.54, 1.807) is 0 Å². The molecule has 0 amide bonds. The summed E-state index contributed by atoms with van der Waals surface area (Å²) >= 11 is 7.25. The highest BCUT2D eigenvalue weighted by atomic mass is 35.5. The number of nitrogens with one attached hydrogen (secondary N) is 2. The number of aryl methyl sites for hydroxylation is 1. The van der Waals surface area contributed by atoms with Crippen LogP contribution in [0.1, 0.15) is 10.4 Å². The molecule has 2 aromatic carbocycles. The molecule has 0 atom stereocenters. The summed E-state index contributed by atoms with van der Waals surface area (Å²) in [6.45, 7) is 1.52. The standard InChI is InChI=1S/C17H14ClN5O4S2/c1-11-7-8-13(9-14(11)23(24)25)29(26,27)22-19-10-15-16(18)21-17(28-15)20-12-5-3-2-4-6-12/h2-10,22H,1H3,(H,20,21)/b19-10+. The van der Waals surface area contributed by atoms with E-state index in [2.05, 4.69) is 15.4 Å². The Kier molecular flexibility index (Phi) is 6.11. The van der Waals surface area contributed by atoms with Crippen LogP contribution in [0.25, 0.3) is 0 Å². The fraction of sp³-hybridized carbons (Fsp3) is 0.0588. The van der Waals surface area contributed by atoms with Crippen molar-refractivity contribution in [2.75, 3.05) is 5.32 Å². The summed E-state index contributed by atoms with van der Waals surface area (Å²) in [5, 5.41) is 18.4. The first kappa shape index (κ1) is 20.7. The monoisotopic (exact) mass is 451 g/mol. The maximum atomic E-state index is 12.3. The van der Waals surface area contributed by atoms with Gasteiger partial charge in [0, 0.05) is 17.3 Å². The van der Waals surface area contributed by atoms with E-state index in [4.69, 9.17) is 11.6 Å². The molecule has 0 aliphatic heterocycles. The summed E-state index contributed by atoms with van der Waals surface area (Å²) in [7, 11) is -4.08. The first-order valence-electron chi connectivity index (χ1n) is 8.04. The molecule has 150 valence electrons. The van der Waals surface area contributed by atoms with Crippen LogP contribution in [0.15, 0.2) is 58.5 Å². The molecule has 1 heterocycles. The van der Waals surface area contributed by atoms with Crippen molar-refractivity contribution in [3.63, 3.8) is 0 Å².